The number of hydrogen-bond donors (Lipinski definition) is 2. The topological polar surface area (TPSA) is 79.3 Å². The summed E-state index contributed by atoms with van der Waals surface area (Å²) in [7, 11) is -3.68. The number of benzene rings is 1. The molecule has 2 aromatic rings. The Kier molecular flexibility index (Phi) is 5.90. The Hall–Kier alpha value is -1.47. The number of rotatable bonds is 7. The third-order valence-corrected chi connectivity index (χ3v) is 4.86. The summed E-state index contributed by atoms with van der Waals surface area (Å²) in [5.41, 5.74) is 0.975. The van der Waals surface area contributed by atoms with Crippen LogP contribution < -0.4 is 4.72 Å². The lowest BCUT2D eigenvalue weighted by molar-refractivity contribution is 0.275. The molecule has 118 valence electrons. The predicted molar refractivity (Wildman–Crippen MR) is 85.3 cm³/mol. The van der Waals surface area contributed by atoms with Gasteiger partial charge in [-0.05, 0) is 24.0 Å². The Bertz CT molecular complexity index is 708. The third-order valence-electron chi connectivity index (χ3n) is 3.26. The number of halogens is 1. The fourth-order valence-electron chi connectivity index (χ4n) is 2.10. The average molecular weight is 341 g/mol. The third kappa shape index (κ3) is 4.51. The highest BCUT2D eigenvalue weighted by atomic mass is 35.5. The van der Waals surface area contributed by atoms with Gasteiger partial charge in [0.2, 0.25) is 10.0 Å². The van der Waals surface area contributed by atoms with E-state index in [-0.39, 0.29) is 29.0 Å². The van der Waals surface area contributed by atoms with Crippen LogP contribution in [0.15, 0.2) is 53.7 Å². The molecule has 0 amide bonds. The Morgan fingerprint density at radius 2 is 1.95 bits per heavy atom. The molecule has 5 nitrogen and oxygen atoms in total. The van der Waals surface area contributed by atoms with Gasteiger partial charge in [-0.3, -0.25) is 4.98 Å². The molecule has 7 heteroatoms. The quantitative estimate of drug-likeness (QED) is 0.809. The summed E-state index contributed by atoms with van der Waals surface area (Å²) in [6, 6.07) is 10.8. The van der Waals surface area contributed by atoms with Crippen molar-refractivity contribution in [2.24, 2.45) is 0 Å². The number of aliphatic hydroxyl groups excluding tert-OH is 1. The van der Waals surface area contributed by atoms with Gasteiger partial charge >= 0.3 is 0 Å². The molecule has 0 spiro atoms. The molecule has 1 aromatic heterocycles. The van der Waals surface area contributed by atoms with Crippen LogP contribution in [0.1, 0.15) is 17.9 Å². The van der Waals surface area contributed by atoms with Crippen LogP contribution >= 0.6 is 11.6 Å². The molecule has 0 aliphatic rings. The summed E-state index contributed by atoms with van der Waals surface area (Å²) in [6.07, 6.45) is 3.09. The van der Waals surface area contributed by atoms with Crippen molar-refractivity contribution in [1.29, 1.82) is 0 Å². The van der Waals surface area contributed by atoms with E-state index in [1.165, 1.54) is 18.5 Å². The molecule has 22 heavy (non-hydrogen) atoms. The van der Waals surface area contributed by atoms with Crippen LogP contribution in [-0.2, 0) is 10.0 Å². The maximum Gasteiger partial charge on any atom is 0.242 e. The van der Waals surface area contributed by atoms with Crippen molar-refractivity contribution >= 4 is 21.6 Å². The Labute approximate surface area is 135 Å². The van der Waals surface area contributed by atoms with Crippen molar-refractivity contribution in [3.05, 3.63) is 59.4 Å². The van der Waals surface area contributed by atoms with Gasteiger partial charge < -0.3 is 5.11 Å². The normalized spacial score (nSPS) is 13.0. The van der Waals surface area contributed by atoms with E-state index in [0.29, 0.717) is 6.42 Å². The number of nitrogens with zero attached hydrogens (tertiary/aromatic N) is 1. The van der Waals surface area contributed by atoms with Crippen molar-refractivity contribution in [3.8, 4) is 0 Å². The van der Waals surface area contributed by atoms with Crippen molar-refractivity contribution < 1.29 is 13.5 Å². The van der Waals surface area contributed by atoms with Gasteiger partial charge in [0.25, 0.3) is 0 Å². The minimum Gasteiger partial charge on any atom is -0.396 e. The molecule has 2 N–H and O–H groups in total. The minimum atomic E-state index is -3.68. The number of aliphatic hydroxyl groups is 1. The zero-order chi connectivity index (χ0) is 16.0. The van der Waals surface area contributed by atoms with Gasteiger partial charge in [-0.2, -0.15) is 0 Å². The van der Waals surface area contributed by atoms with E-state index in [9.17, 15) is 13.5 Å². The molecule has 0 bridgehead atoms. The van der Waals surface area contributed by atoms with E-state index < -0.39 is 10.0 Å². The summed E-state index contributed by atoms with van der Waals surface area (Å²) >= 11 is 5.77. The lowest BCUT2D eigenvalue weighted by Gasteiger charge is -2.17. The second-order valence-electron chi connectivity index (χ2n) is 4.81. The number of nitrogens with one attached hydrogen (secondary N) is 1. The van der Waals surface area contributed by atoms with Gasteiger partial charge in [-0.25, -0.2) is 13.1 Å². The molecular formula is C15H17ClN2O3S. The van der Waals surface area contributed by atoms with Gasteiger partial charge in [-0.15, -0.1) is 0 Å². The van der Waals surface area contributed by atoms with E-state index in [1.807, 2.05) is 30.3 Å². The predicted octanol–water partition coefficient (Wildman–Crippen LogP) is 2.18. The van der Waals surface area contributed by atoms with Gasteiger partial charge in [0, 0.05) is 25.5 Å². The highest BCUT2D eigenvalue weighted by Gasteiger charge is 2.18. The standard InChI is InChI=1S/C15H17ClN2O3S/c16-14-8-15(11-17-10-14)22(20,21)18-9-13(6-7-19)12-4-2-1-3-5-12/h1-5,8,10-11,13,18-19H,6-7,9H2/t13-/m1/s1. The van der Waals surface area contributed by atoms with Crippen LogP contribution in [0.5, 0.6) is 0 Å². The number of hydrogen-bond acceptors (Lipinski definition) is 4. The van der Waals surface area contributed by atoms with E-state index in [0.717, 1.165) is 5.56 Å². The Morgan fingerprint density at radius 3 is 2.59 bits per heavy atom. The average Bonchev–Trinajstić information content (AvgIpc) is 2.52. The first-order valence-electron chi connectivity index (χ1n) is 6.79. The smallest absolute Gasteiger partial charge is 0.242 e. The van der Waals surface area contributed by atoms with E-state index >= 15 is 0 Å². The van der Waals surface area contributed by atoms with E-state index in [4.69, 9.17) is 11.6 Å². The summed E-state index contributed by atoms with van der Waals surface area (Å²) in [6.45, 7) is 0.180. The molecule has 1 heterocycles. The van der Waals surface area contributed by atoms with Crippen molar-refractivity contribution in [1.82, 2.24) is 9.71 Å². The van der Waals surface area contributed by atoms with Crippen molar-refractivity contribution in [3.63, 3.8) is 0 Å². The van der Waals surface area contributed by atoms with Crippen LogP contribution in [0, 0.1) is 0 Å². The Morgan fingerprint density at radius 1 is 1.23 bits per heavy atom. The van der Waals surface area contributed by atoms with Crippen molar-refractivity contribution in [2.45, 2.75) is 17.2 Å². The summed E-state index contributed by atoms with van der Waals surface area (Å²) in [5, 5.41) is 9.44. The van der Waals surface area contributed by atoms with Gasteiger partial charge in [0.15, 0.2) is 0 Å². The second kappa shape index (κ2) is 7.69. The molecule has 0 saturated heterocycles. The molecule has 0 saturated carbocycles. The van der Waals surface area contributed by atoms with E-state index in [2.05, 4.69) is 9.71 Å². The van der Waals surface area contributed by atoms with Gasteiger partial charge in [0.1, 0.15) is 4.90 Å². The Balaban J connectivity index is 2.12. The van der Waals surface area contributed by atoms with Crippen LogP contribution in [0.2, 0.25) is 5.02 Å². The molecule has 0 radical (unpaired) electrons. The van der Waals surface area contributed by atoms with Crippen LogP contribution in [-0.4, -0.2) is 31.7 Å². The second-order valence-corrected chi connectivity index (χ2v) is 7.01. The monoisotopic (exact) mass is 340 g/mol. The summed E-state index contributed by atoms with van der Waals surface area (Å²) < 4.78 is 27.1. The number of aromatic nitrogens is 1. The zero-order valence-electron chi connectivity index (χ0n) is 11.8. The van der Waals surface area contributed by atoms with Crippen LogP contribution in [0.4, 0.5) is 0 Å². The molecule has 0 unspecified atom stereocenters. The molecule has 1 atom stereocenters. The van der Waals surface area contributed by atoms with Crippen LogP contribution in [0.25, 0.3) is 0 Å². The largest absolute Gasteiger partial charge is 0.396 e. The highest BCUT2D eigenvalue weighted by molar-refractivity contribution is 7.89. The summed E-state index contributed by atoms with van der Waals surface area (Å²) in [5.74, 6) is -0.104. The van der Waals surface area contributed by atoms with Gasteiger partial charge in [-0.1, -0.05) is 41.9 Å². The molecule has 0 fully saturated rings. The molecule has 1 aromatic carbocycles. The first-order valence-corrected chi connectivity index (χ1v) is 8.65. The SMILES string of the molecule is O=S(=O)(NC[C@@H](CCO)c1ccccc1)c1cncc(Cl)c1. The first kappa shape index (κ1) is 16.9. The lowest BCUT2D eigenvalue weighted by Crippen LogP contribution is -2.29. The maximum atomic E-state index is 12.3. The summed E-state index contributed by atoms with van der Waals surface area (Å²) in [4.78, 5) is 3.80. The number of pyridine rings is 1. The zero-order valence-corrected chi connectivity index (χ0v) is 13.4. The minimum absolute atomic E-state index is 0.0139. The van der Waals surface area contributed by atoms with E-state index in [1.54, 1.807) is 0 Å². The van der Waals surface area contributed by atoms with Crippen molar-refractivity contribution in [2.75, 3.05) is 13.2 Å². The molecule has 2 rings (SSSR count). The fourth-order valence-corrected chi connectivity index (χ4v) is 3.41. The highest BCUT2D eigenvalue weighted by Crippen LogP contribution is 2.20. The fraction of sp³-hybridized carbons (Fsp3) is 0.267. The van der Waals surface area contributed by atoms with Crippen LogP contribution in [0.3, 0.4) is 0 Å². The van der Waals surface area contributed by atoms with Gasteiger partial charge in [0.05, 0.1) is 5.02 Å². The maximum absolute atomic E-state index is 12.3. The molecular weight excluding hydrogens is 324 g/mol. The number of sulfonamides is 1. The lowest BCUT2D eigenvalue weighted by atomic mass is 9.96. The molecule has 0 aliphatic heterocycles. The first-order chi connectivity index (χ1) is 10.5. The molecule has 0 aliphatic carbocycles.